The van der Waals surface area contributed by atoms with Crippen LogP contribution in [0.1, 0.15) is 11.3 Å². The Bertz CT molecular complexity index is 952. The highest BCUT2D eigenvalue weighted by Gasteiger charge is 2.17. The van der Waals surface area contributed by atoms with E-state index in [2.05, 4.69) is 10.0 Å². The van der Waals surface area contributed by atoms with Gasteiger partial charge < -0.3 is 9.73 Å². The van der Waals surface area contributed by atoms with Gasteiger partial charge in [-0.3, -0.25) is 4.72 Å². The van der Waals surface area contributed by atoms with Gasteiger partial charge in [0.25, 0.3) is 10.0 Å². The van der Waals surface area contributed by atoms with Gasteiger partial charge in [0.1, 0.15) is 11.6 Å². The number of rotatable bonds is 6. The van der Waals surface area contributed by atoms with Gasteiger partial charge in [-0.25, -0.2) is 12.8 Å². The summed E-state index contributed by atoms with van der Waals surface area (Å²) in [5, 5.41) is 3.17. The number of halogens is 1. The third kappa shape index (κ3) is 4.19. The van der Waals surface area contributed by atoms with Crippen molar-refractivity contribution in [3.63, 3.8) is 0 Å². The van der Waals surface area contributed by atoms with Gasteiger partial charge in [0.15, 0.2) is 0 Å². The van der Waals surface area contributed by atoms with Crippen LogP contribution in [0.25, 0.3) is 0 Å². The number of sulfonamides is 1. The Morgan fingerprint density at radius 1 is 1.04 bits per heavy atom. The minimum absolute atomic E-state index is 0.0499. The number of aryl methyl sites for hydroxylation is 1. The zero-order valence-electron chi connectivity index (χ0n) is 13.5. The first-order valence-electron chi connectivity index (χ1n) is 7.59. The van der Waals surface area contributed by atoms with Crippen LogP contribution in [-0.2, 0) is 16.6 Å². The maximum absolute atomic E-state index is 13.2. The predicted molar refractivity (Wildman–Crippen MR) is 94.4 cm³/mol. The van der Waals surface area contributed by atoms with Crippen molar-refractivity contribution in [1.82, 2.24) is 0 Å². The zero-order valence-corrected chi connectivity index (χ0v) is 14.3. The van der Waals surface area contributed by atoms with E-state index in [1.807, 2.05) is 12.1 Å². The average Bonchev–Trinajstić information content (AvgIpc) is 3.07. The fraction of sp³-hybridized carbons (Fsp3) is 0.111. The van der Waals surface area contributed by atoms with Crippen LogP contribution < -0.4 is 10.0 Å². The van der Waals surface area contributed by atoms with Gasteiger partial charge in [-0.15, -0.1) is 0 Å². The van der Waals surface area contributed by atoms with Crippen LogP contribution in [0.2, 0.25) is 0 Å². The second kappa shape index (κ2) is 6.98. The molecule has 1 heterocycles. The van der Waals surface area contributed by atoms with E-state index in [1.165, 1.54) is 12.1 Å². The molecule has 0 radical (unpaired) electrons. The first kappa shape index (κ1) is 17.0. The van der Waals surface area contributed by atoms with Gasteiger partial charge in [0.05, 0.1) is 17.7 Å². The van der Waals surface area contributed by atoms with Gasteiger partial charge in [-0.1, -0.05) is 0 Å². The van der Waals surface area contributed by atoms with E-state index < -0.39 is 15.8 Å². The van der Waals surface area contributed by atoms with E-state index in [0.717, 1.165) is 17.5 Å². The molecule has 0 unspecified atom stereocenters. The highest BCUT2D eigenvalue weighted by atomic mass is 32.2. The van der Waals surface area contributed by atoms with Crippen LogP contribution in [0.5, 0.6) is 0 Å². The largest absolute Gasteiger partial charge is 0.467 e. The Morgan fingerprint density at radius 3 is 2.40 bits per heavy atom. The fourth-order valence-electron chi connectivity index (χ4n) is 2.38. The summed E-state index contributed by atoms with van der Waals surface area (Å²) < 4.78 is 45.8. The molecule has 0 bridgehead atoms. The zero-order chi connectivity index (χ0) is 17.9. The van der Waals surface area contributed by atoms with Crippen LogP contribution in [0, 0.1) is 12.7 Å². The Balaban J connectivity index is 1.69. The molecule has 0 saturated carbocycles. The van der Waals surface area contributed by atoms with Crippen molar-refractivity contribution in [1.29, 1.82) is 0 Å². The van der Waals surface area contributed by atoms with Crippen molar-refractivity contribution < 1.29 is 17.2 Å². The lowest BCUT2D eigenvalue weighted by atomic mass is 10.2. The number of nitrogens with one attached hydrogen (secondary N) is 2. The lowest BCUT2D eigenvalue weighted by Crippen LogP contribution is -2.14. The first-order chi connectivity index (χ1) is 11.9. The molecule has 2 N–H and O–H groups in total. The molecule has 25 heavy (non-hydrogen) atoms. The van der Waals surface area contributed by atoms with Gasteiger partial charge in [-0.05, 0) is 67.1 Å². The molecule has 5 nitrogen and oxygen atoms in total. The molecule has 1 aromatic heterocycles. The summed E-state index contributed by atoms with van der Waals surface area (Å²) in [5.74, 6) is 0.333. The van der Waals surface area contributed by atoms with Gasteiger partial charge in [0.2, 0.25) is 0 Å². The molecule has 0 aliphatic rings. The van der Waals surface area contributed by atoms with Crippen molar-refractivity contribution >= 4 is 21.4 Å². The summed E-state index contributed by atoms with van der Waals surface area (Å²) in [4.78, 5) is 0.0499. The maximum Gasteiger partial charge on any atom is 0.262 e. The van der Waals surface area contributed by atoms with Crippen LogP contribution >= 0.6 is 0 Å². The third-order valence-electron chi connectivity index (χ3n) is 3.61. The summed E-state index contributed by atoms with van der Waals surface area (Å²) in [7, 11) is -3.77. The van der Waals surface area contributed by atoms with E-state index in [0.29, 0.717) is 17.8 Å². The van der Waals surface area contributed by atoms with E-state index in [9.17, 15) is 12.8 Å². The normalized spacial score (nSPS) is 11.3. The van der Waals surface area contributed by atoms with Crippen molar-refractivity contribution in [2.24, 2.45) is 0 Å². The van der Waals surface area contributed by atoms with Crippen LogP contribution in [0.4, 0.5) is 15.8 Å². The molecular weight excluding hydrogens is 343 g/mol. The Hall–Kier alpha value is -2.80. The molecule has 7 heteroatoms. The van der Waals surface area contributed by atoms with Crippen molar-refractivity contribution in [2.45, 2.75) is 18.4 Å². The fourth-order valence-corrected chi connectivity index (χ4v) is 3.67. The molecule has 0 aliphatic carbocycles. The maximum atomic E-state index is 13.2. The molecule has 0 spiro atoms. The number of hydrogen-bond acceptors (Lipinski definition) is 4. The molecule has 3 aromatic rings. The number of furan rings is 1. The summed E-state index contributed by atoms with van der Waals surface area (Å²) in [5.41, 5.74) is 1.61. The van der Waals surface area contributed by atoms with Gasteiger partial charge in [-0.2, -0.15) is 0 Å². The topological polar surface area (TPSA) is 71.3 Å². The summed E-state index contributed by atoms with van der Waals surface area (Å²) >= 11 is 0. The molecule has 0 saturated heterocycles. The van der Waals surface area contributed by atoms with Crippen molar-refractivity contribution in [2.75, 3.05) is 10.0 Å². The van der Waals surface area contributed by atoms with Gasteiger partial charge in [0, 0.05) is 11.4 Å². The van der Waals surface area contributed by atoms with Crippen molar-refractivity contribution in [3.05, 3.63) is 78.0 Å². The average molecular weight is 360 g/mol. The summed E-state index contributed by atoms with van der Waals surface area (Å²) in [6.07, 6.45) is 1.60. The molecular formula is C18H17FN2O3S. The van der Waals surface area contributed by atoms with E-state index in [-0.39, 0.29) is 4.90 Å². The number of anilines is 2. The standard InChI is InChI=1S/C18H17FN2O3S/c1-13-11-14(19)4-9-18(13)25(22,23)21-16-7-5-15(6-8-16)20-12-17-3-2-10-24-17/h2-11,20-21H,12H2,1H3. The van der Waals surface area contributed by atoms with Crippen molar-refractivity contribution in [3.8, 4) is 0 Å². The summed E-state index contributed by atoms with van der Waals surface area (Å²) in [6.45, 7) is 2.09. The monoisotopic (exact) mass is 360 g/mol. The Kier molecular flexibility index (Phi) is 4.76. The highest BCUT2D eigenvalue weighted by molar-refractivity contribution is 7.92. The predicted octanol–water partition coefficient (Wildman–Crippen LogP) is 4.14. The molecule has 0 aliphatic heterocycles. The van der Waals surface area contributed by atoms with E-state index in [4.69, 9.17) is 4.42 Å². The second-order valence-corrected chi connectivity index (χ2v) is 7.18. The van der Waals surface area contributed by atoms with Crippen LogP contribution in [0.15, 0.2) is 70.2 Å². The smallest absolute Gasteiger partial charge is 0.262 e. The summed E-state index contributed by atoms with van der Waals surface area (Å²) in [6, 6.07) is 14.1. The van der Waals surface area contributed by atoms with Gasteiger partial charge >= 0.3 is 0 Å². The quantitative estimate of drug-likeness (QED) is 0.693. The molecule has 2 aromatic carbocycles. The highest BCUT2D eigenvalue weighted by Crippen LogP contribution is 2.21. The lowest BCUT2D eigenvalue weighted by Gasteiger charge is -2.11. The molecule has 3 rings (SSSR count). The first-order valence-corrected chi connectivity index (χ1v) is 9.08. The van der Waals surface area contributed by atoms with Crippen LogP contribution in [0.3, 0.4) is 0 Å². The molecule has 0 fully saturated rings. The minimum atomic E-state index is -3.77. The number of hydrogen-bond donors (Lipinski definition) is 2. The SMILES string of the molecule is Cc1cc(F)ccc1S(=O)(=O)Nc1ccc(NCc2ccco2)cc1. The number of benzene rings is 2. The Labute approximate surface area is 145 Å². The second-order valence-electron chi connectivity index (χ2n) is 5.53. The lowest BCUT2D eigenvalue weighted by molar-refractivity contribution is 0.518. The van der Waals surface area contributed by atoms with Crippen LogP contribution in [-0.4, -0.2) is 8.42 Å². The third-order valence-corrected chi connectivity index (χ3v) is 5.15. The Morgan fingerprint density at radius 2 is 1.76 bits per heavy atom. The molecule has 0 atom stereocenters. The minimum Gasteiger partial charge on any atom is -0.467 e. The van der Waals surface area contributed by atoms with E-state index >= 15 is 0 Å². The van der Waals surface area contributed by atoms with E-state index in [1.54, 1.807) is 37.5 Å². The molecule has 130 valence electrons. The molecule has 0 amide bonds.